The van der Waals surface area contributed by atoms with E-state index in [0.717, 1.165) is 0 Å². The summed E-state index contributed by atoms with van der Waals surface area (Å²) in [5.74, 6) is 0. The van der Waals surface area contributed by atoms with Crippen LogP contribution in [0.1, 0.15) is 0 Å². The molecule has 4 aromatic rings. The van der Waals surface area contributed by atoms with Crippen molar-refractivity contribution in [2.24, 2.45) is 0 Å². The number of hydrogen-bond acceptors (Lipinski definition) is 6. The molecular formula is C22H16F6NiO6P2S2. The molecule has 39 heavy (non-hydrogen) atoms. The average Bonchev–Trinajstić information content (AvgIpc) is 2.78. The molecule has 17 heteroatoms. The minimum atomic E-state index is -6.09. The van der Waals surface area contributed by atoms with Crippen molar-refractivity contribution in [2.75, 3.05) is 0 Å². The second-order valence-corrected chi connectivity index (χ2v) is 11.3. The van der Waals surface area contributed by atoms with Crippen molar-refractivity contribution in [3.05, 3.63) is 72.8 Å². The molecule has 4 rings (SSSR count). The monoisotopic (exact) mass is 674 g/mol. The first-order valence-corrected chi connectivity index (χ1v) is 13.8. The second kappa shape index (κ2) is 13.2. The molecule has 0 aliphatic carbocycles. The van der Waals surface area contributed by atoms with E-state index in [0.29, 0.717) is 0 Å². The van der Waals surface area contributed by atoms with Gasteiger partial charge in [0.05, 0.1) is 0 Å². The number of rotatable bonds is 1. The second-order valence-electron chi connectivity index (χ2n) is 7.30. The van der Waals surface area contributed by atoms with Gasteiger partial charge in [-0.05, 0) is 43.3 Å². The van der Waals surface area contributed by atoms with E-state index in [1.165, 1.54) is 43.3 Å². The summed E-state index contributed by atoms with van der Waals surface area (Å²) >= 11 is 0. The van der Waals surface area contributed by atoms with Gasteiger partial charge in [-0.1, -0.05) is 72.8 Å². The van der Waals surface area contributed by atoms with Crippen LogP contribution >= 0.6 is 18.5 Å². The van der Waals surface area contributed by atoms with Crippen LogP contribution in [-0.4, -0.2) is 37.0 Å². The topological polar surface area (TPSA) is 114 Å². The van der Waals surface area contributed by atoms with Crippen molar-refractivity contribution < 1.29 is 68.8 Å². The molecule has 0 fully saturated rings. The Morgan fingerprint density at radius 3 is 1.05 bits per heavy atom. The van der Waals surface area contributed by atoms with Crippen molar-refractivity contribution in [1.29, 1.82) is 0 Å². The van der Waals surface area contributed by atoms with E-state index in [4.69, 9.17) is 25.9 Å². The molecule has 0 aliphatic heterocycles. The zero-order chi connectivity index (χ0) is 29.1. The standard InChI is InChI=1S/C20H16P2.2CHF3O3S.Ni/c21-17-11-9-13-5-1-3-7-15(13)19(17)20-16-8-4-2-6-14(16)10-12-18(20)22;2*2-1(3,4)8(5,6)7;/h1-12H,21-22H2;2*(H,5,6,7);/q;;;+2/p-2. The fourth-order valence-electron chi connectivity index (χ4n) is 3.13. The molecule has 4 aromatic carbocycles. The molecule has 0 aliphatic rings. The van der Waals surface area contributed by atoms with Gasteiger partial charge in [0.25, 0.3) is 0 Å². The largest absolute Gasteiger partial charge is 2.00 e. The van der Waals surface area contributed by atoms with Gasteiger partial charge in [-0.3, -0.25) is 0 Å². The summed E-state index contributed by atoms with van der Waals surface area (Å²) in [5.41, 5.74) is -8.67. The zero-order valence-electron chi connectivity index (χ0n) is 18.9. The predicted molar refractivity (Wildman–Crippen MR) is 137 cm³/mol. The summed E-state index contributed by atoms with van der Waals surface area (Å²) in [6.07, 6.45) is 0. The first-order valence-electron chi connectivity index (χ1n) is 9.85. The summed E-state index contributed by atoms with van der Waals surface area (Å²) in [7, 11) is -6.39. The van der Waals surface area contributed by atoms with E-state index in [9.17, 15) is 26.3 Å². The Bertz CT molecular complexity index is 1550. The molecule has 214 valence electrons. The molecule has 0 saturated heterocycles. The van der Waals surface area contributed by atoms with Crippen molar-refractivity contribution in [3.63, 3.8) is 0 Å². The smallest absolute Gasteiger partial charge is 0.741 e. The van der Waals surface area contributed by atoms with Crippen LogP contribution < -0.4 is 10.6 Å². The Morgan fingerprint density at radius 2 is 0.795 bits per heavy atom. The average molecular weight is 675 g/mol. The molecule has 0 radical (unpaired) electrons. The van der Waals surface area contributed by atoms with E-state index in [-0.39, 0.29) is 16.5 Å². The van der Waals surface area contributed by atoms with Gasteiger partial charge < -0.3 is 9.11 Å². The first-order chi connectivity index (χ1) is 17.3. The van der Waals surface area contributed by atoms with Crippen molar-refractivity contribution >= 4 is 70.9 Å². The fourth-order valence-corrected chi connectivity index (χ4v) is 3.93. The van der Waals surface area contributed by atoms with Crippen LogP contribution in [0.4, 0.5) is 26.3 Å². The van der Waals surface area contributed by atoms with Crippen molar-refractivity contribution in [1.82, 2.24) is 0 Å². The summed E-state index contributed by atoms with van der Waals surface area (Å²) < 4.78 is 118. The Labute approximate surface area is 234 Å². The Hall–Kier alpha value is -1.85. The molecule has 0 bridgehead atoms. The number of fused-ring (bicyclic) bond motifs is 2. The van der Waals surface area contributed by atoms with Gasteiger partial charge in [0.2, 0.25) is 0 Å². The maximum absolute atomic E-state index is 10.7. The molecular weight excluding hydrogens is 659 g/mol. The third-order valence-corrected chi connectivity index (χ3v) is 6.84. The van der Waals surface area contributed by atoms with Crippen LogP contribution in [0.2, 0.25) is 0 Å². The third kappa shape index (κ3) is 9.08. The molecule has 0 heterocycles. The third-order valence-electron chi connectivity index (χ3n) is 4.74. The number of hydrogen-bond donors (Lipinski definition) is 0. The number of benzene rings is 4. The van der Waals surface area contributed by atoms with E-state index in [1.807, 2.05) is 0 Å². The Balaban J connectivity index is 0.000000375. The minimum Gasteiger partial charge on any atom is -0.741 e. The van der Waals surface area contributed by atoms with Gasteiger partial charge in [0, 0.05) is 0 Å². The van der Waals surface area contributed by atoms with Crippen LogP contribution in [0.3, 0.4) is 0 Å². The van der Waals surface area contributed by atoms with E-state index >= 15 is 0 Å². The molecule has 0 amide bonds. The van der Waals surface area contributed by atoms with Gasteiger partial charge in [0.1, 0.15) is 0 Å². The van der Waals surface area contributed by atoms with Gasteiger partial charge in [-0.15, -0.1) is 18.5 Å². The SMILES string of the molecule is O=S(=O)([O-])C(F)(F)F.O=S(=O)([O-])C(F)(F)F.Pc1ccc2ccccc2c1-c1c(P)ccc2ccccc12.[Ni+2]. The van der Waals surface area contributed by atoms with Gasteiger partial charge in [0.15, 0.2) is 20.2 Å². The zero-order valence-corrected chi connectivity index (χ0v) is 23.9. The Kier molecular flexibility index (Phi) is 11.9. The maximum Gasteiger partial charge on any atom is 2.00 e. The van der Waals surface area contributed by atoms with E-state index < -0.39 is 31.3 Å². The van der Waals surface area contributed by atoms with Gasteiger partial charge in [-0.25, -0.2) is 16.8 Å². The van der Waals surface area contributed by atoms with Crippen molar-refractivity contribution in [3.8, 4) is 11.1 Å². The van der Waals surface area contributed by atoms with Gasteiger partial charge >= 0.3 is 27.5 Å². The molecule has 6 nitrogen and oxygen atoms in total. The summed E-state index contributed by atoms with van der Waals surface area (Å²) in [5, 5.41) is 7.63. The molecule has 0 spiro atoms. The van der Waals surface area contributed by atoms with E-state index in [1.54, 1.807) is 0 Å². The fraction of sp³-hybridized carbons (Fsp3) is 0.0909. The van der Waals surface area contributed by atoms with Crippen LogP contribution in [0.15, 0.2) is 72.8 Å². The summed E-state index contributed by atoms with van der Waals surface area (Å²) in [6.45, 7) is 0. The number of alkyl halides is 6. The van der Waals surface area contributed by atoms with E-state index in [2.05, 4.69) is 91.3 Å². The molecule has 0 aromatic heterocycles. The maximum atomic E-state index is 10.7. The quantitative estimate of drug-likeness (QED) is 0.0946. The minimum absolute atomic E-state index is 0. The molecule has 0 N–H and O–H groups in total. The van der Waals surface area contributed by atoms with Gasteiger partial charge in [-0.2, -0.15) is 26.3 Å². The Morgan fingerprint density at radius 1 is 0.538 bits per heavy atom. The normalized spacial score (nSPS) is 12.1. The number of halogens is 6. The molecule has 2 unspecified atom stereocenters. The summed E-state index contributed by atoms with van der Waals surface area (Å²) in [6, 6.07) is 26.0. The van der Waals surface area contributed by atoms with Crippen LogP contribution in [0.25, 0.3) is 32.7 Å². The molecule has 0 saturated carbocycles. The predicted octanol–water partition coefficient (Wildman–Crippen LogP) is 4.76. The molecule has 2 atom stereocenters. The first kappa shape index (κ1) is 35.2. The summed E-state index contributed by atoms with van der Waals surface area (Å²) in [4.78, 5) is 0. The van der Waals surface area contributed by atoms with Crippen LogP contribution in [0.5, 0.6) is 0 Å². The van der Waals surface area contributed by atoms with Crippen LogP contribution in [-0.2, 0) is 36.7 Å². The van der Waals surface area contributed by atoms with Crippen molar-refractivity contribution in [2.45, 2.75) is 11.0 Å². The van der Waals surface area contributed by atoms with Crippen LogP contribution in [0, 0.1) is 0 Å².